The molecule has 21 nitrogen and oxygen atoms in total. The number of rotatable bonds is 20. The number of benzene rings is 2. The van der Waals surface area contributed by atoms with E-state index < -0.39 is 96.1 Å². The molecule has 4 aromatic rings. The van der Waals surface area contributed by atoms with E-state index in [1.807, 2.05) is 0 Å². The third kappa shape index (κ3) is 10.8. The third-order valence-electron chi connectivity index (χ3n) is 13.9. The van der Waals surface area contributed by atoms with Crippen molar-refractivity contribution in [1.82, 2.24) is 46.4 Å². The Hall–Kier alpha value is -8.14. The van der Waals surface area contributed by atoms with Crippen molar-refractivity contribution in [2.24, 2.45) is 0 Å². The minimum absolute atomic E-state index is 0.0180. The number of carbonyl (C=O) groups excluding carboxylic acids is 9. The summed E-state index contributed by atoms with van der Waals surface area (Å²) in [5.41, 5.74) is 1.64. The van der Waals surface area contributed by atoms with Gasteiger partial charge in [0.25, 0.3) is 17.4 Å². The highest BCUT2D eigenvalue weighted by molar-refractivity contribution is 6.12. The lowest BCUT2D eigenvalue weighted by atomic mass is 9.81. The van der Waals surface area contributed by atoms with Gasteiger partial charge in [0.2, 0.25) is 35.4 Å². The highest BCUT2D eigenvalue weighted by Crippen LogP contribution is 2.46. The quantitative estimate of drug-likeness (QED) is 0.0322. The van der Waals surface area contributed by atoms with E-state index in [0.717, 1.165) is 4.90 Å². The number of hydrogen-bond donors (Lipinski definition) is 7. The number of esters is 1. The van der Waals surface area contributed by atoms with Crippen LogP contribution in [-0.2, 0) is 79.5 Å². The molecule has 0 saturated heterocycles. The van der Waals surface area contributed by atoms with Crippen LogP contribution in [0.5, 0.6) is 0 Å². The molecule has 4 aliphatic rings. The molecule has 0 bridgehead atoms. The number of halogens is 1. The number of pyridine rings is 2. The second-order valence-corrected chi connectivity index (χ2v) is 18.8. The summed E-state index contributed by atoms with van der Waals surface area (Å²) in [7, 11) is 0. The summed E-state index contributed by atoms with van der Waals surface area (Å²) in [4.78, 5) is 135. The maximum Gasteiger partial charge on any atom is 0.343 e. The molecule has 1 aliphatic carbocycles. The smallest absolute Gasteiger partial charge is 0.343 e. The van der Waals surface area contributed by atoms with Gasteiger partial charge in [-0.3, -0.25) is 48.1 Å². The van der Waals surface area contributed by atoms with Crippen molar-refractivity contribution in [3.05, 3.63) is 110 Å². The molecule has 388 valence electrons. The fourth-order valence-electron chi connectivity index (χ4n) is 9.84. The Labute approximate surface area is 423 Å². The molecule has 2 aromatic carbocycles. The maximum absolute atomic E-state index is 15.4. The van der Waals surface area contributed by atoms with Crippen molar-refractivity contribution in [2.75, 3.05) is 26.2 Å². The zero-order valence-corrected chi connectivity index (χ0v) is 41.0. The fraction of sp³-hybridized carbons (Fsp3) is 0.404. The first-order valence-corrected chi connectivity index (χ1v) is 24.5. The standard InChI is InChI=1S/C52H56FN9O12/c1-4-52(73)33-20-38-47-31(25-62(38)50(71)32(33)26-74-51(52)72)46-35(15-14-30-27(2)34(53)21-36(59-47)45(30)46)60-48(69)28(3)57-41(65)24-56-49(70)37(19-29-11-7-5-8-12-29)58-42(66)23-55-40(64)22-54-39(63)13-9-6-10-18-61-43(67)16-17-44(61)68/h5,7-8,11-12,16-17,20-21,28,35,37,73H,4,6,9-10,13-15,18-19,22-26H2,1-3H3,(H,54,63)(H,55,64)(H,56,70)(H,57,65)(H,58,66)(H,60,69)/t28-,35-,37-,52-/m0/s1. The van der Waals surface area contributed by atoms with Crippen molar-refractivity contribution in [3.8, 4) is 11.4 Å². The molecule has 74 heavy (non-hydrogen) atoms. The molecule has 0 fully saturated rings. The molecule has 8 amide bonds. The van der Waals surface area contributed by atoms with Gasteiger partial charge in [0.15, 0.2) is 5.60 Å². The van der Waals surface area contributed by atoms with Gasteiger partial charge in [-0.1, -0.05) is 43.7 Å². The number of aromatic nitrogens is 2. The van der Waals surface area contributed by atoms with Crippen LogP contribution in [0.4, 0.5) is 4.39 Å². The largest absolute Gasteiger partial charge is 0.458 e. The number of fused-ring (bicyclic) bond motifs is 5. The number of imide groups is 1. The van der Waals surface area contributed by atoms with E-state index in [0.29, 0.717) is 76.7 Å². The molecule has 0 spiro atoms. The molecule has 7 N–H and O–H groups in total. The Morgan fingerprint density at radius 1 is 0.851 bits per heavy atom. The topological polar surface area (TPSA) is 293 Å². The van der Waals surface area contributed by atoms with Crippen LogP contribution in [0, 0.1) is 12.7 Å². The first kappa shape index (κ1) is 52.2. The number of amides is 8. The minimum Gasteiger partial charge on any atom is -0.458 e. The molecule has 22 heteroatoms. The van der Waals surface area contributed by atoms with Crippen LogP contribution >= 0.6 is 0 Å². The third-order valence-corrected chi connectivity index (χ3v) is 13.9. The number of ether oxygens (including phenoxy) is 1. The molecular formula is C52H56FN9O12. The van der Waals surface area contributed by atoms with Gasteiger partial charge in [0.1, 0.15) is 24.5 Å². The van der Waals surface area contributed by atoms with E-state index in [-0.39, 0.29) is 67.4 Å². The predicted molar refractivity (Wildman–Crippen MR) is 261 cm³/mol. The maximum atomic E-state index is 15.4. The lowest BCUT2D eigenvalue weighted by molar-refractivity contribution is -0.172. The van der Waals surface area contributed by atoms with Gasteiger partial charge >= 0.3 is 5.97 Å². The van der Waals surface area contributed by atoms with E-state index in [9.17, 15) is 53.1 Å². The van der Waals surface area contributed by atoms with Gasteiger partial charge < -0.3 is 46.3 Å². The monoisotopic (exact) mass is 1020 g/mol. The van der Waals surface area contributed by atoms with E-state index in [2.05, 4.69) is 31.9 Å². The van der Waals surface area contributed by atoms with Crippen molar-refractivity contribution < 1.29 is 57.4 Å². The molecular weight excluding hydrogens is 962 g/mol. The minimum atomic E-state index is -2.07. The van der Waals surface area contributed by atoms with E-state index in [4.69, 9.17) is 9.72 Å². The second-order valence-electron chi connectivity index (χ2n) is 18.8. The summed E-state index contributed by atoms with van der Waals surface area (Å²) >= 11 is 0. The number of aryl methyl sites for hydroxylation is 1. The van der Waals surface area contributed by atoms with Gasteiger partial charge in [0, 0.05) is 54.1 Å². The predicted octanol–water partition coefficient (Wildman–Crippen LogP) is 0.697. The van der Waals surface area contributed by atoms with Gasteiger partial charge in [-0.2, -0.15) is 0 Å². The van der Waals surface area contributed by atoms with Gasteiger partial charge in [0.05, 0.1) is 54.7 Å². The van der Waals surface area contributed by atoms with Gasteiger partial charge in [-0.05, 0) is 74.3 Å². The van der Waals surface area contributed by atoms with Crippen LogP contribution in [0.3, 0.4) is 0 Å². The molecule has 2 aromatic heterocycles. The average molecular weight is 1020 g/mol. The fourth-order valence-corrected chi connectivity index (χ4v) is 9.84. The Bertz CT molecular complexity index is 3090. The summed E-state index contributed by atoms with van der Waals surface area (Å²) in [5.74, 6) is -5.94. The second kappa shape index (κ2) is 21.9. The highest BCUT2D eigenvalue weighted by atomic mass is 19.1. The Balaban J connectivity index is 0.860. The lowest BCUT2D eigenvalue weighted by Crippen LogP contribution is -2.53. The SMILES string of the molecule is CC[C@@]1(O)C(=O)OCc2c1cc1n(c2=O)Cc2c-1nc1cc(F)c(C)c3c1c2[C@@H](NC(=O)[C@H](C)NC(=O)CNC(=O)[C@H](Cc1ccccc1)NC(=O)CNC(=O)CNC(=O)CCCCCN1C(=O)C=CC1=O)CC3. The van der Waals surface area contributed by atoms with Crippen LogP contribution in [0.2, 0.25) is 0 Å². The first-order chi connectivity index (χ1) is 35.4. The van der Waals surface area contributed by atoms with E-state index in [1.165, 1.54) is 29.7 Å². The van der Waals surface area contributed by atoms with Crippen molar-refractivity contribution in [1.29, 1.82) is 0 Å². The molecule has 8 rings (SSSR count). The summed E-state index contributed by atoms with van der Waals surface area (Å²) in [6, 6.07) is 8.59. The number of carbonyl (C=O) groups is 9. The van der Waals surface area contributed by atoms with Crippen molar-refractivity contribution in [2.45, 2.75) is 109 Å². The van der Waals surface area contributed by atoms with Crippen molar-refractivity contribution >= 4 is 64.1 Å². The highest BCUT2D eigenvalue weighted by Gasteiger charge is 2.46. The Kier molecular flexibility index (Phi) is 15.5. The summed E-state index contributed by atoms with van der Waals surface area (Å²) in [6.45, 7) is 3.13. The number of hydrogen-bond acceptors (Lipinski definition) is 13. The number of unbranched alkanes of at least 4 members (excludes halogenated alkanes) is 2. The molecule has 0 unspecified atom stereocenters. The molecule has 3 aliphatic heterocycles. The van der Waals surface area contributed by atoms with Crippen LogP contribution in [-0.4, -0.2) is 111 Å². The number of nitrogens with one attached hydrogen (secondary N) is 6. The first-order valence-electron chi connectivity index (χ1n) is 24.5. The Morgan fingerprint density at radius 3 is 2.27 bits per heavy atom. The molecule has 4 atom stereocenters. The zero-order chi connectivity index (χ0) is 53.0. The number of nitrogens with zero attached hydrogens (tertiary/aromatic N) is 3. The normalized spacial score (nSPS) is 17.9. The average Bonchev–Trinajstić information content (AvgIpc) is 3.92. The van der Waals surface area contributed by atoms with Crippen LogP contribution < -0.4 is 37.5 Å². The van der Waals surface area contributed by atoms with E-state index in [1.54, 1.807) is 50.2 Å². The van der Waals surface area contributed by atoms with Crippen molar-refractivity contribution in [3.63, 3.8) is 0 Å². The molecule has 0 radical (unpaired) electrons. The van der Waals surface area contributed by atoms with E-state index >= 15 is 4.39 Å². The van der Waals surface area contributed by atoms with Crippen LogP contribution in [0.1, 0.15) is 97.4 Å². The lowest BCUT2D eigenvalue weighted by Gasteiger charge is -2.31. The van der Waals surface area contributed by atoms with Gasteiger partial charge in [-0.25, -0.2) is 14.2 Å². The van der Waals surface area contributed by atoms with Crippen LogP contribution in [0.25, 0.3) is 22.3 Å². The zero-order valence-electron chi connectivity index (χ0n) is 41.0. The summed E-state index contributed by atoms with van der Waals surface area (Å²) in [6.07, 6.45) is 4.71. The molecule has 5 heterocycles. The summed E-state index contributed by atoms with van der Waals surface area (Å²) in [5, 5.41) is 27.6. The number of cyclic esters (lactones) is 1. The Morgan fingerprint density at radius 2 is 1.54 bits per heavy atom. The van der Waals surface area contributed by atoms with Gasteiger partial charge in [-0.15, -0.1) is 0 Å². The number of aliphatic hydroxyl groups is 1. The molecule has 0 saturated carbocycles. The van der Waals surface area contributed by atoms with Crippen LogP contribution in [0.15, 0.2) is 59.4 Å². The summed E-state index contributed by atoms with van der Waals surface area (Å²) < 4.78 is 22.1.